The fourth-order valence-electron chi connectivity index (χ4n) is 1.25. The lowest BCUT2D eigenvalue weighted by atomic mass is 10.4. The molecule has 1 aliphatic heterocycles. The van der Waals surface area contributed by atoms with Gasteiger partial charge in [-0.05, 0) is 22.0 Å². The van der Waals surface area contributed by atoms with Gasteiger partial charge in [0.2, 0.25) is 0 Å². The van der Waals surface area contributed by atoms with Crippen LogP contribution >= 0.6 is 27.7 Å². The van der Waals surface area contributed by atoms with Crippen molar-refractivity contribution in [2.24, 2.45) is 0 Å². The lowest BCUT2D eigenvalue weighted by Crippen LogP contribution is -2.13. The van der Waals surface area contributed by atoms with Crippen molar-refractivity contribution in [2.75, 3.05) is 6.54 Å². The molecule has 2 rings (SSSR count). The summed E-state index contributed by atoms with van der Waals surface area (Å²) in [5.41, 5.74) is 0. The Morgan fingerprint density at radius 2 is 2.58 bits per heavy atom. The molecule has 1 aromatic rings. The third kappa shape index (κ3) is 1.56. The Hall–Kier alpha value is 0.0700. The minimum Gasteiger partial charge on any atom is -0.466 e. The zero-order valence-electron chi connectivity index (χ0n) is 6.71. The molecule has 0 radical (unpaired) electrons. The largest absolute Gasteiger partial charge is 0.466 e. The topological polar surface area (TPSA) is 25.2 Å². The molecular weight excluding hydrogens is 238 g/mol. The number of hydrogen-bond donors (Lipinski definition) is 1. The molecule has 1 fully saturated rings. The summed E-state index contributed by atoms with van der Waals surface area (Å²) in [7, 11) is 0. The van der Waals surface area contributed by atoms with Crippen LogP contribution in [0, 0.1) is 0 Å². The van der Waals surface area contributed by atoms with Gasteiger partial charge in [0.25, 0.3) is 0 Å². The molecule has 0 aromatic carbocycles. The molecule has 1 N–H and O–H groups in total. The number of thioether (sulfide) groups is 1. The van der Waals surface area contributed by atoms with Gasteiger partial charge in [0, 0.05) is 11.8 Å². The Bertz CT molecular complexity index is 276. The number of halogens is 1. The van der Waals surface area contributed by atoms with Crippen LogP contribution in [0.3, 0.4) is 0 Å². The van der Waals surface area contributed by atoms with Gasteiger partial charge in [-0.15, -0.1) is 11.8 Å². The van der Waals surface area contributed by atoms with E-state index in [0.717, 1.165) is 16.8 Å². The van der Waals surface area contributed by atoms with E-state index < -0.39 is 0 Å². The van der Waals surface area contributed by atoms with E-state index >= 15 is 0 Å². The quantitative estimate of drug-likeness (QED) is 0.827. The first-order chi connectivity index (χ1) is 5.77. The van der Waals surface area contributed by atoms with Crippen LogP contribution in [0.2, 0.25) is 0 Å². The van der Waals surface area contributed by atoms with Gasteiger partial charge in [-0.1, -0.05) is 6.92 Å². The second kappa shape index (κ2) is 3.44. The number of nitrogens with one attached hydrogen (secondary N) is 1. The molecule has 2 unspecified atom stereocenters. The maximum atomic E-state index is 5.37. The molecule has 66 valence electrons. The predicted octanol–water partition coefficient (Wildman–Crippen LogP) is 2.77. The van der Waals surface area contributed by atoms with Crippen molar-refractivity contribution in [2.45, 2.75) is 17.5 Å². The number of furan rings is 1. The SMILES string of the molecule is CC1CNC(c2occc2Br)S1. The minimum absolute atomic E-state index is 0.323. The van der Waals surface area contributed by atoms with Crippen LogP contribution < -0.4 is 5.32 Å². The van der Waals surface area contributed by atoms with Gasteiger partial charge < -0.3 is 4.42 Å². The van der Waals surface area contributed by atoms with E-state index in [1.165, 1.54) is 0 Å². The van der Waals surface area contributed by atoms with Crippen LogP contribution in [0.25, 0.3) is 0 Å². The molecule has 12 heavy (non-hydrogen) atoms. The highest BCUT2D eigenvalue weighted by Gasteiger charge is 2.26. The molecule has 4 heteroatoms. The fourth-order valence-corrected chi connectivity index (χ4v) is 2.99. The lowest BCUT2D eigenvalue weighted by molar-refractivity contribution is 0.485. The molecule has 0 spiro atoms. The Labute approximate surface area is 84.2 Å². The smallest absolute Gasteiger partial charge is 0.145 e. The van der Waals surface area contributed by atoms with Crippen LogP contribution in [0.4, 0.5) is 0 Å². The van der Waals surface area contributed by atoms with Gasteiger partial charge >= 0.3 is 0 Å². The molecule has 2 nitrogen and oxygen atoms in total. The van der Waals surface area contributed by atoms with E-state index in [-0.39, 0.29) is 0 Å². The van der Waals surface area contributed by atoms with E-state index in [2.05, 4.69) is 28.2 Å². The number of rotatable bonds is 1. The van der Waals surface area contributed by atoms with E-state index in [9.17, 15) is 0 Å². The first kappa shape index (κ1) is 8.66. The molecule has 0 amide bonds. The summed E-state index contributed by atoms with van der Waals surface area (Å²) in [4.78, 5) is 0. The molecule has 0 saturated carbocycles. The van der Waals surface area contributed by atoms with Crippen LogP contribution in [-0.4, -0.2) is 11.8 Å². The third-order valence-corrected chi connectivity index (χ3v) is 3.78. The van der Waals surface area contributed by atoms with Crippen LogP contribution in [0.5, 0.6) is 0 Å². The normalized spacial score (nSPS) is 29.5. The molecule has 1 aromatic heterocycles. The highest BCUT2D eigenvalue weighted by Crippen LogP contribution is 2.38. The summed E-state index contributed by atoms with van der Waals surface area (Å²) in [5.74, 6) is 1.00. The van der Waals surface area contributed by atoms with E-state index in [1.807, 2.05) is 17.8 Å². The van der Waals surface area contributed by atoms with Crippen molar-refractivity contribution in [3.8, 4) is 0 Å². The summed E-state index contributed by atoms with van der Waals surface area (Å²) in [6, 6.07) is 1.93. The molecule has 1 aliphatic rings. The molecular formula is C8H10BrNOS. The van der Waals surface area contributed by atoms with Crippen LogP contribution in [-0.2, 0) is 0 Å². The van der Waals surface area contributed by atoms with Crippen LogP contribution in [0.1, 0.15) is 18.1 Å². The van der Waals surface area contributed by atoms with Gasteiger partial charge in [0.05, 0.1) is 10.7 Å². The Kier molecular flexibility index (Phi) is 2.48. The molecule has 2 atom stereocenters. The van der Waals surface area contributed by atoms with Gasteiger partial charge in [-0.3, -0.25) is 5.32 Å². The standard InChI is InChI=1S/C8H10BrNOS/c1-5-4-10-8(12-5)7-6(9)2-3-11-7/h2-3,5,8,10H,4H2,1H3. The zero-order chi connectivity index (χ0) is 8.55. The third-order valence-electron chi connectivity index (χ3n) is 1.84. The summed E-state index contributed by atoms with van der Waals surface area (Å²) in [5, 5.41) is 4.39. The van der Waals surface area contributed by atoms with Gasteiger partial charge in [-0.2, -0.15) is 0 Å². The van der Waals surface area contributed by atoms with Crippen molar-refractivity contribution >= 4 is 27.7 Å². The minimum atomic E-state index is 0.323. The summed E-state index contributed by atoms with van der Waals surface area (Å²) < 4.78 is 6.42. The van der Waals surface area contributed by atoms with Gasteiger partial charge in [0.15, 0.2) is 0 Å². The highest BCUT2D eigenvalue weighted by atomic mass is 79.9. The second-order valence-corrected chi connectivity index (χ2v) is 5.27. The molecule has 0 aliphatic carbocycles. The average Bonchev–Trinajstić information content (AvgIpc) is 2.58. The first-order valence-corrected chi connectivity index (χ1v) is 5.62. The Balaban J connectivity index is 2.16. The van der Waals surface area contributed by atoms with Crippen molar-refractivity contribution in [1.29, 1.82) is 0 Å². The number of hydrogen-bond acceptors (Lipinski definition) is 3. The van der Waals surface area contributed by atoms with Crippen molar-refractivity contribution in [3.05, 3.63) is 22.6 Å². The maximum absolute atomic E-state index is 5.37. The molecule has 2 heterocycles. The fraction of sp³-hybridized carbons (Fsp3) is 0.500. The van der Waals surface area contributed by atoms with Gasteiger partial charge in [-0.25, -0.2) is 0 Å². The Morgan fingerprint density at radius 1 is 1.75 bits per heavy atom. The van der Waals surface area contributed by atoms with E-state index in [4.69, 9.17) is 4.42 Å². The monoisotopic (exact) mass is 247 g/mol. The molecule has 1 saturated heterocycles. The first-order valence-electron chi connectivity index (χ1n) is 3.89. The summed E-state index contributed by atoms with van der Waals surface area (Å²) >= 11 is 5.35. The highest BCUT2D eigenvalue weighted by molar-refractivity contribution is 9.10. The zero-order valence-corrected chi connectivity index (χ0v) is 9.11. The lowest BCUT2D eigenvalue weighted by Gasteiger charge is -2.05. The van der Waals surface area contributed by atoms with Gasteiger partial charge in [0.1, 0.15) is 11.1 Å². The summed E-state index contributed by atoms with van der Waals surface area (Å²) in [6.45, 7) is 3.27. The van der Waals surface area contributed by atoms with Crippen molar-refractivity contribution in [1.82, 2.24) is 5.32 Å². The maximum Gasteiger partial charge on any atom is 0.145 e. The summed E-state index contributed by atoms with van der Waals surface area (Å²) in [6.07, 6.45) is 1.71. The second-order valence-electron chi connectivity index (χ2n) is 2.87. The molecule has 0 bridgehead atoms. The van der Waals surface area contributed by atoms with Crippen LogP contribution in [0.15, 0.2) is 21.2 Å². The van der Waals surface area contributed by atoms with Crippen molar-refractivity contribution < 1.29 is 4.42 Å². The average molecular weight is 248 g/mol. The Morgan fingerprint density at radius 3 is 3.08 bits per heavy atom. The van der Waals surface area contributed by atoms with Crippen molar-refractivity contribution in [3.63, 3.8) is 0 Å². The predicted molar refractivity (Wildman–Crippen MR) is 54.2 cm³/mol. The van der Waals surface area contributed by atoms with E-state index in [0.29, 0.717) is 10.6 Å². The van der Waals surface area contributed by atoms with E-state index in [1.54, 1.807) is 6.26 Å².